The molecule has 0 aliphatic carbocycles. The van der Waals surface area contributed by atoms with Crippen LogP contribution in [0.2, 0.25) is 0 Å². The maximum absolute atomic E-state index is 5.54. The first kappa shape index (κ1) is 18.0. The fraction of sp³-hybridized carbons (Fsp3) is 0.667. The Morgan fingerprint density at radius 1 is 1.05 bits per heavy atom. The van der Waals surface area contributed by atoms with Gasteiger partial charge in [-0.3, -0.25) is 4.90 Å². The smallest absolute Gasteiger partial charge is 0.123 e. The lowest BCUT2D eigenvalue weighted by atomic mass is 10.1. The standard InChI is InChI=1S/C18H32N2O/c1-5-10-19-14-16-8-9-18(21-4)17(13-16)15-20(11-6-2)12-7-3/h8-9,13,19H,5-7,10-12,14-15H2,1-4H3. The van der Waals surface area contributed by atoms with Gasteiger partial charge < -0.3 is 10.1 Å². The van der Waals surface area contributed by atoms with Crippen molar-refractivity contribution in [1.82, 2.24) is 10.2 Å². The number of hydrogen-bond acceptors (Lipinski definition) is 3. The SMILES string of the molecule is CCCNCc1ccc(OC)c(CN(CCC)CCC)c1. The van der Waals surface area contributed by atoms with Crippen LogP contribution in [0.4, 0.5) is 0 Å². The zero-order valence-electron chi connectivity index (χ0n) is 14.2. The lowest BCUT2D eigenvalue weighted by molar-refractivity contribution is 0.262. The van der Waals surface area contributed by atoms with E-state index in [-0.39, 0.29) is 0 Å². The van der Waals surface area contributed by atoms with Crippen molar-refractivity contribution in [1.29, 1.82) is 0 Å². The molecular weight excluding hydrogens is 260 g/mol. The zero-order chi connectivity index (χ0) is 15.5. The molecule has 0 fully saturated rings. The molecule has 120 valence electrons. The highest BCUT2D eigenvalue weighted by Crippen LogP contribution is 2.22. The van der Waals surface area contributed by atoms with E-state index in [1.165, 1.54) is 30.4 Å². The lowest BCUT2D eigenvalue weighted by Gasteiger charge is -2.22. The summed E-state index contributed by atoms with van der Waals surface area (Å²) < 4.78 is 5.54. The molecule has 1 rings (SSSR count). The maximum atomic E-state index is 5.54. The van der Waals surface area contributed by atoms with E-state index < -0.39 is 0 Å². The molecule has 0 radical (unpaired) electrons. The van der Waals surface area contributed by atoms with Gasteiger partial charge in [0.2, 0.25) is 0 Å². The minimum atomic E-state index is 0.937. The van der Waals surface area contributed by atoms with Gasteiger partial charge in [0, 0.05) is 18.7 Å². The van der Waals surface area contributed by atoms with Crippen molar-refractivity contribution in [2.45, 2.75) is 53.1 Å². The van der Waals surface area contributed by atoms with Crippen LogP contribution in [0.25, 0.3) is 0 Å². The minimum Gasteiger partial charge on any atom is -0.496 e. The molecule has 0 bridgehead atoms. The van der Waals surface area contributed by atoms with E-state index in [1.807, 2.05) is 0 Å². The highest BCUT2D eigenvalue weighted by molar-refractivity contribution is 5.37. The summed E-state index contributed by atoms with van der Waals surface area (Å²) >= 11 is 0. The van der Waals surface area contributed by atoms with Crippen molar-refractivity contribution in [2.75, 3.05) is 26.7 Å². The number of rotatable bonds is 11. The van der Waals surface area contributed by atoms with Gasteiger partial charge in [-0.05, 0) is 56.6 Å². The summed E-state index contributed by atoms with van der Waals surface area (Å²) in [5.41, 5.74) is 2.64. The van der Waals surface area contributed by atoms with Crippen molar-refractivity contribution in [3.8, 4) is 5.75 Å². The molecule has 0 unspecified atom stereocenters. The van der Waals surface area contributed by atoms with E-state index in [1.54, 1.807) is 7.11 Å². The maximum Gasteiger partial charge on any atom is 0.123 e. The second-order valence-electron chi connectivity index (χ2n) is 5.60. The third kappa shape index (κ3) is 6.49. The van der Waals surface area contributed by atoms with Gasteiger partial charge in [0.25, 0.3) is 0 Å². The Morgan fingerprint density at radius 2 is 1.76 bits per heavy atom. The first-order valence-corrected chi connectivity index (χ1v) is 8.33. The van der Waals surface area contributed by atoms with Crippen molar-refractivity contribution >= 4 is 0 Å². The molecule has 0 saturated heterocycles. The molecule has 0 aliphatic heterocycles. The molecular formula is C18H32N2O. The van der Waals surface area contributed by atoms with Gasteiger partial charge in [0.05, 0.1) is 7.11 Å². The van der Waals surface area contributed by atoms with Gasteiger partial charge in [-0.1, -0.05) is 26.8 Å². The number of benzene rings is 1. The van der Waals surface area contributed by atoms with E-state index in [4.69, 9.17) is 4.74 Å². The second-order valence-corrected chi connectivity index (χ2v) is 5.60. The Morgan fingerprint density at radius 3 is 2.33 bits per heavy atom. The van der Waals surface area contributed by atoms with Crippen molar-refractivity contribution < 1.29 is 4.74 Å². The highest BCUT2D eigenvalue weighted by Gasteiger charge is 2.09. The Bertz CT molecular complexity index is 387. The van der Waals surface area contributed by atoms with Crippen LogP contribution >= 0.6 is 0 Å². The molecule has 3 heteroatoms. The normalized spacial score (nSPS) is 11.1. The molecule has 0 aromatic heterocycles. The van der Waals surface area contributed by atoms with Crippen LogP contribution < -0.4 is 10.1 Å². The number of methoxy groups -OCH3 is 1. The fourth-order valence-electron chi connectivity index (χ4n) is 2.62. The van der Waals surface area contributed by atoms with E-state index in [2.05, 4.69) is 49.2 Å². The summed E-state index contributed by atoms with van der Waals surface area (Å²) in [6.45, 7) is 12.0. The van der Waals surface area contributed by atoms with Crippen molar-refractivity contribution in [3.05, 3.63) is 29.3 Å². The van der Waals surface area contributed by atoms with E-state index in [9.17, 15) is 0 Å². The molecule has 0 spiro atoms. The van der Waals surface area contributed by atoms with Gasteiger partial charge in [-0.25, -0.2) is 0 Å². The van der Waals surface area contributed by atoms with Gasteiger partial charge in [0.15, 0.2) is 0 Å². The molecule has 1 N–H and O–H groups in total. The number of nitrogens with zero attached hydrogens (tertiary/aromatic N) is 1. The summed E-state index contributed by atoms with van der Waals surface area (Å²) in [4.78, 5) is 2.51. The van der Waals surface area contributed by atoms with E-state index >= 15 is 0 Å². The first-order chi connectivity index (χ1) is 10.2. The summed E-state index contributed by atoms with van der Waals surface area (Å²) in [5.74, 6) is 1.01. The van der Waals surface area contributed by atoms with E-state index in [0.717, 1.165) is 38.5 Å². The average molecular weight is 292 g/mol. The predicted octanol–water partition coefficient (Wildman–Crippen LogP) is 3.82. The minimum absolute atomic E-state index is 0.937. The summed E-state index contributed by atoms with van der Waals surface area (Å²) in [7, 11) is 1.76. The van der Waals surface area contributed by atoms with Crippen LogP contribution in [0.1, 0.15) is 51.2 Å². The topological polar surface area (TPSA) is 24.5 Å². The van der Waals surface area contributed by atoms with Gasteiger partial charge in [-0.15, -0.1) is 0 Å². The number of hydrogen-bond donors (Lipinski definition) is 1. The summed E-state index contributed by atoms with van der Waals surface area (Å²) in [6.07, 6.45) is 3.56. The first-order valence-electron chi connectivity index (χ1n) is 8.33. The molecule has 0 heterocycles. The van der Waals surface area contributed by atoms with Gasteiger partial charge in [-0.2, -0.15) is 0 Å². The molecule has 21 heavy (non-hydrogen) atoms. The number of ether oxygens (including phenoxy) is 1. The van der Waals surface area contributed by atoms with Gasteiger partial charge >= 0.3 is 0 Å². The lowest BCUT2D eigenvalue weighted by Crippen LogP contribution is -2.25. The largest absolute Gasteiger partial charge is 0.496 e. The van der Waals surface area contributed by atoms with Crippen LogP contribution in [0.5, 0.6) is 5.75 Å². The van der Waals surface area contributed by atoms with Crippen molar-refractivity contribution in [3.63, 3.8) is 0 Å². The van der Waals surface area contributed by atoms with Crippen LogP contribution in [0.3, 0.4) is 0 Å². The second kappa shape index (κ2) is 10.6. The quantitative estimate of drug-likeness (QED) is 0.628. The number of nitrogens with one attached hydrogen (secondary N) is 1. The predicted molar refractivity (Wildman–Crippen MR) is 90.9 cm³/mol. The fourth-order valence-corrected chi connectivity index (χ4v) is 2.62. The highest BCUT2D eigenvalue weighted by atomic mass is 16.5. The molecule has 1 aromatic carbocycles. The third-order valence-electron chi connectivity index (χ3n) is 3.57. The summed E-state index contributed by atoms with van der Waals surface area (Å²) in [6, 6.07) is 6.56. The van der Waals surface area contributed by atoms with Crippen LogP contribution in [-0.2, 0) is 13.1 Å². The average Bonchev–Trinajstić information content (AvgIpc) is 2.48. The Kier molecular flexibility index (Phi) is 9.11. The molecule has 1 aromatic rings. The van der Waals surface area contributed by atoms with E-state index in [0.29, 0.717) is 0 Å². The Hall–Kier alpha value is -1.06. The molecule has 0 amide bonds. The summed E-state index contributed by atoms with van der Waals surface area (Å²) in [5, 5.41) is 3.47. The zero-order valence-corrected chi connectivity index (χ0v) is 14.2. The van der Waals surface area contributed by atoms with Crippen molar-refractivity contribution in [2.24, 2.45) is 0 Å². The van der Waals surface area contributed by atoms with Gasteiger partial charge in [0.1, 0.15) is 5.75 Å². The Balaban J connectivity index is 2.78. The van der Waals surface area contributed by atoms with Crippen LogP contribution in [0.15, 0.2) is 18.2 Å². The Labute approximate surface area is 130 Å². The molecule has 0 saturated carbocycles. The third-order valence-corrected chi connectivity index (χ3v) is 3.57. The van der Waals surface area contributed by atoms with Crippen LogP contribution in [-0.4, -0.2) is 31.6 Å². The molecule has 0 aliphatic rings. The monoisotopic (exact) mass is 292 g/mol. The molecule has 0 atom stereocenters. The molecule has 3 nitrogen and oxygen atoms in total. The van der Waals surface area contributed by atoms with Crippen LogP contribution in [0, 0.1) is 0 Å².